The van der Waals surface area contributed by atoms with Crippen molar-refractivity contribution >= 4 is 0 Å². The molecule has 1 unspecified atom stereocenters. The highest BCUT2D eigenvalue weighted by Crippen LogP contribution is 2.68. The summed E-state index contributed by atoms with van der Waals surface area (Å²) in [6, 6.07) is 18.5. The molecule has 0 aliphatic heterocycles. The number of allylic oxidation sites excluding steroid dienone is 4. The van der Waals surface area contributed by atoms with Gasteiger partial charge in [0.2, 0.25) is 0 Å². The first kappa shape index (κ1) is 18.3. The van der Waals surface area contributed by atoms with Crippen LogP contribution in [0.2, 0.25) is 0 Å². The Hall–Kier alpha value is -2.08. The van der Waals surface area contributed by atoms with Crippen LogP contribution < -0.4 is 0 Å². The molecule has 5 rings (SSSR count). The zero-order chi connectivity index (χ0) is 19.4. The molecule has 3 aliphatic rings. The average Bonchev–Trinajstić information content (AvgIpc) is 3.14. The van der Waals surface area contributed by atoms with E-state index in [1.807, 2.05) is 0 Å². The van der Waals surface area contributed by atoms with E-state index in [4.69, 9.17) is 0 Å². The minimum Gasteiger partial charge on any atom is -0.0722 e. The van der Waals surface area contributed by atoms with Gasteiger partial charge in [0.25, 0.3) is 0 Å². The van der Waals surface area contributed by atoms with E-state index in [1.165, 1.54) is 35.1 Å². The highest BCUT2D eigenvalue weighted by Gasteiger charge is 2.59. The standard InChI is InChI=1S/C27H32/c1-7-8-20-17-23-25(26(4,5)6)24(20)27(23,21-13-9-18(2)10-14-21)22-15-11-19(3)12-16-22/h9-17,20H,7-8H2,1-6H3. The van der Waals surface area contributed by atoms with E-state index in [9.17, 15) is 0 Å². The van der Waals surface area contributed by atoms with Crippen molar-refractivity contribution in [2.45, 2.75) is 59.8 Å². The number of rotatable bonds is 4. The first-order valence-electron chi connectivity index (χ1n) is 10.4. The predicted molar refractivity (Wildman–Crippen MR) is 116 cm³/mol. The summed E-state index contributed by atoms with van der Waals surface area (Å²) in [4.78, 5) is 0. The van der Waals surface area contributed by atoms with Crippen molar-refractivity contribution < 1.29 is 0 Å². The van der Waals surface area contributed by atoms with Gasteiger partial charge in [0, 0.05) is 5.92 Å². The smallest absolute Gasteiger partial charge is 0.0673 e. The maximum absolute atomic E-state index is 2.60. The van der Waals surface area contributed by atoms with E-state index >= 15 is 0 Å². The van der Waals surface area contributed by atoms with Gasteiger partial charge in [-0.15, -0.1) is 0 Å². The van der Waals surface area contributed by atoms with E-state index in [1.54, 1.807) is 16.7 Å². The number of fused-ring (bicyclic) bond motifs is 1. The van der Waals surface area contributed by atoms with Crippen molar-refractivity contribution in [3.8, 4) is 0 Å². The average molecular weight is 357 g/mol. The highest BCUT2D eigenvalue weighted by molar-refractivity contribution is 5.78. The lowest BCUT2D eigenvalue weighted by atomic mass is 9.51. The fraction of sp³-hybridized carbons (Fsp3) is 0.407. The number of hydrogen-bond donors (Lipinski definition) is 0. The van der Waals surface area contributed by atoms with Crippen LogP contribution in [0.25, 0.3) is 0 Å². The maximum Gasteiger partial charge on any atom is 0.0673 e. The Labute approximate surface area is 165 Å². The summed E-state index contributed by atoms with van der Waals surface area (Å²) in [5, 5.41) is 0. The molecular formula is C27H32. The van der Waals surface area contributed by atoms with Crippen LogP contribution in [-0.2, 0) is 5.41 Å². The van der Waals surface area contributed by atoms with Gasteiger partial charge in [0.05, 0.1) is 5.41 Å². The fourth-order valence-corrected chi connectivity index (χ4v) is 5.30. The summed E-state index contributed by atoms with van der Waals surface area (Å²) in [6.07, 6.45) is 5.07. The summed E-state index contributed by atoms with van der Waals surface area (Å²) in [7, 11) is 0. The van der Waals surface area contributed by atoms with Crippen molar-refractivity contribution in [3.63, 3.8) is 0 Å². The number of hydrogen-bond acceptors (Lipinski definition) is 0. The van der Waals surface area contributed by atoms with Gasteiger partial charge in [-0.1, -0.05) is 99.8 Å². The Balaban J connectivity index is 1.99. The molecule has 1 atom stereocenters. The second-order valence-electron chi connectivity index (χ2n) is 9.50. The molecule has 0 aromatic heterocycles. The molecule has 0 spiro atoms. The van der Waals surface area contributed by atoms with Crippen LogP contribution in [0, 0.1) is 25.2 Å². The minimum absolute atomic E-state index is 0.0378. The number of aryl methyl sites for hydroxylation is 2. The molecule has 2 aromatic rings. The van der Waals surface area contributed by atoms with Gasteiger partial charge in [0.1, 0.15) is 0 Å². The molecule has 0 N–H and O–H groups in total. The molecule has 0 saturated heterocycles. The van der Waals surface area contributed by atoms with Gasteiger partial charge in [0.15, 0.2) is 0 Å². The van der Waals surface area contributed by atoms with Crippen LogP contribution in [-0.4, -0.2) is 0 Å². The van der Waals surface area contributed by atoms with E-state index < -0.39 is 0 Å². The second-order valence-corrected chi connectivity index (χ2v) is 9.50. The van der Waals surface area contributed by atoms with Crippen molar-refractivity contribution in [2.75, 3.05) is 0 Å². The van der Waals surface area contributed by atoms with Crippen LogP contribution in [0.3, 0.4) is 0 Å². The molecule has 0 saturated carbocycles. The molecule has 0 heteroatoms. The topological polar surface area (TPSA) is 0 Å². The SMILES string of the molecule is CCCC1C=C2C(C(C)(C)C)=C1C2(c1ccc(C)cc1)c1ccc(C)cc1. The molecule has 0 fully saturated rings. The van der Waals surface area contributed by atoms with E-state index in [2.05, 4.69) is 96.1 Å². The number of benzene rings is 2. The maximum atomic E-state index is 2.60. The monoisotopic (exact) mass is 356 g/mol. The summed E-state index contributed by atoms with van der Waals surface area (Å²) >= 11 is 0. The molecule has 0 heterocycles. The molecule has 2 aromatic carbocycles. The zero-order valence-corrected chi connectivity index (χ0v) is 17.7. The Morgan fingerprint density at radius 2 is 1.30 bits per heavy atom. The van der Waals surface area contributed by atoms with Crippen LogP contribution in [0.4, 0.5) is 0 Å². The quantitative estimate of drug-likeness (QED) is 0.539. The first-order valence-corrected chi connectivity index (χ1v) is 10.4. The fourth-order valence-electron chi connectivity index (χ4n) is 5.30. The summed E-state index contributed by atoms with van der Waals surface area (Å²) < 4.78 is 0. The third-order valence-corrected chi connectivity index (χ3v) is 6.40. The minimum atomic E-state index is -0.0378. The molecular weight excluding hydrogens is 324 g/mol. The Kier molecular flexibility index (Phi) is 4.22. The molecule has 0 nitrogen and oxygen atoms in total. The first-order chi connectivity index (χ1) is 12.8. The lowest BCUT2D eigenvalue weighted by Crippen LogP contribution is -2.43. The molecule has 0 amide bonds. The normalized spacial score (nSPS) is 20.5. The Bertz CT molecular complexity index is 866. The van der Waals surface area contributed by atoms with Crippen molar-refractivity contribution in [1.29, 1.82) is 0 Å². The van der Waals surface area contributed by atoms with Crippen LogP contribution in [0.15, 0.2) is 71.3 Å². The van der Waals surface area contributed by atoms with Crippen LogP contribution in [0.5, 0.6) is 0 Å². The third kappa shape index (κ3) is 2.57. The van der Waals surface area contributed by atoms with Gasteiger partial charge in [-0.2, -0.15) is 0 Å². The molecule has 140 valence electrons. The molecule has 27 heavy (non-hydrogen) atoms. The second kappa shape index (κ2) is 6.23. The molecule has 3 aliphatic carbocycles. The predicted octanol–water partition coefficient (Wildman–Crippen LogP) is 7.30. The van der Waals surface area contributed by atoms with Crippen LogP contribution in [0.1, 0.15) is 62.8 Å². The van der Waals surface area contributed by atoms with E-state index in [-0.39, 0.29) is 10.8 Å². The van der Waals surface area contributed by atoms with Gasteiger partial charge in [-0.25, -0.2) is 0 Å². The highest BCUT2D eigenvalue weighted by atomic mass is 14.6. The molecule has 0 radical (unpaired) electrons. The zero-order valence-electron chi connectivity index (χ0n) is 17.7. The third-order valence-electron chi connectivity index (χ3n) is 6.40. The van der Waals surface area contributed by atoms with Gasteiger partial charge >= 0.3 is 0 Å². The lowest BCUT2D eigenvalue weighted by Gasteiger charge is -2.51. The Morgan fingerprint density at radius 3 is 1.70 bits per heavy atom. The summed E-state index contributed by atoms with van der Waals surface area (Å²) in [6.45, 7) is 13.8. The van der Waals surface area contributed by atoms with Crippen LogP contribution >= 0.6 is 0 Å². The van der Waals surface area contributed by atoms with E-state index in [0.29, 0.717) is 5.92 Å². The van der Waals surface area contributed by atoms with E-state index in [0.717, 1.165) is 0 Å². The Morgan fingerprint density at radius 1 is 0.815 bits per heavy atom. The lowest BCUT2D eigenvalue weighted by molar-refractivity contribution is 0.441. The summed E-state index contributed by atoms with van der Waals surface area (Å²) in [5.41, 5.74) is 10.5. The largest absolute Gasteiger partial charge is 0.0722 e. The molecule has 2 bridgehead atoms. The van der Waals surface area contributed by atoms with Gasteiger partial charge < -0.3 is 0 Å². The van der Waals surface area contributed by atoms with Crippen molar-refractivity contribution in [1.82, 2.24) is 0 Å². The van der Waals surface area contributed by atoms with Crippen molar-refractivity contribution in [3.05, 3.63) is 93.6 Å². The van der Waals surface area contributed by atoms with Gasteiger partial charge in [-0.05, 0) is 53.5 Å². The van der Waals surface area contributed by atoms with Gasteiger partial charge in [-0.3, -0.25) is 0 Å². The van der Waals surface area contributed by atoms with Crippen molar-refractivity contribution in [2.24, 2.45) is 11.3 Å². The summed E-state index contributed by atoms with van der Waals surface area (Å²) in [5.74, 6) is 0.585.